The fraction of sp³-hybridized carbons (Fsp3) is 0.375. The summed E-state index contributed by atoms with van der Waals surface area (Å²) in [7, 11) is 1.41. The molecule has 4 nitrogen and oxygen atoms in total. The molecule has 0 aliphatic heterocycles. The Morgan fingerprint density at radius 3 is 2.57 bits per heavy atom. The van der Waals surface area contributed by atoms with Gasteiger partial charge in [-0.05, 0) is 26.0 Å². The zero-order valence-corrected chi connectivity index (χ0v) is 9.43. The fourth-order valence-corrected chi connectivity index (χ4v) is 1.63. The van der Waals surface area contributed by atoms with Crippen molar-refractivity contribution in [2.24, 2.45) is 0 Å². The van der Waals surface area contributed by atoms with Gasteiger partial charge in [-0.3, -0.25) is 0 Å². The molecular formula is C8H11ClN2O2S. The Hall–Kier alpha value is -0.810. The summed E-state index contributed by atoms with van der Waals surface area (Å²) >= 11 is 0. The molecule has 0 aliphatic rings. The molecule has 14 heavy (non-hydrogen) atoms. The Labute approximate surface area is 87.7 Å². The van der Waals surface area contributed by atoms with Crippen LogP contribution < -0.4 is 5.32 Å². The van der Waals surface area contributed by atoms with Crippen LogP contribution in [0.25, 0.3) is 0 Å². The van der Waals surface area contributed by atoms with Gasteiger partial charge in [0.2, 0.25) is 0 Å². The molecule has 1 aromatic rings. The molecule has 1 rings (SSSR count). The van der Waals surface area contributed by atoms with Crippen LogP contribution in [0.5, 0.6) is 0 Å². The normalized spacial score (nSPS) is 11.7. The predicted molar refractivity (Wildman–Crippen MR) is 56.0 cm³/mol. The summed E-state index contributed by atoms with van der Waals surface area (Å²) in [6.07, 6.45) is 0. The average molecular weight is 235 g/mol. The highest BCUT2D eigenvalue weighted by molar-refractivity contribution is 8.13. The van der Waals surface area contributed by atoms with Crippen molar-refractivity contribution >= 4 is 25.6 Å². The summed E-state index contributed by atoms with van der Waals surface area (Å²) in [5, 5.41) is 2.85. The summed E-state index contributed by atoms with van der Waals surface area (Å²) in [4.78, 5) is 3.85. The van der Waals surface area contributed by atoms with Crippen molar-refractivity contribution < 1.29 is 8.42 Å². The van der Waals surface area contributed by atoms with Crippen molar-refractivity contribution in [3.8, 4) is 0 Å². The van der Waals surface area contributed by atoms with Gasteiger partial charge in [-0.2, -0.15) is 0 Å². The number of nitrogens with zero attached hydrogens (tertiary/aromatic N) is 1. The van der Waals surface area contributed by atoms with Crippen molar-refractivity contribution in [2.75, 3.05) is 5.32 Å². The Bertz CT molecular complexity index is 417. The predicted octanol–water partition coefficient (Wildman–Crippen LogP) is 1.83. The highest BCUT2D eigenvalue weighted by Gasteiger charge is 2.11. The largest absolute Gasteiger partial charge is 0.368 e. The van der Waals surface area contributed by atoms with Crippen LogP contribution >= 0.6 is 10.7 Å². The van der Waals surface area contributed by atoms with Crippen LogP contribution in [0.2, 0.25) is 0 Å². The molecule has 0 atom stereocenters. The van der Waals surface area contributed by atoms with E-state index in [0.29, 0.717) is 5.82 Å². The van der Waals surface area contributed by atoms with E-state index < -0.39 is 9.05 Å². The number of hydrogen-bond donors (Lipinski definition) is 1. The van der Waals surface area contributed by atoms with Crippen molar-refractivity contribution in [3.63, 3.8) is 0 Å². The third-order valence-corrected chi connectivity index (χ3v) is 2.61. The number of anilines is 1. The minimum atomic E-state index is -3.74. The van der Waals surface area contributed by atoms with E-state index >= 15 is 0 Å². The van der Waals surface area contributed by atoms with Gasteiger partial charge in [-0.1, -0.05) is 6.07 Å². The minimum absolute atomic E-state index is 0.134. The first-order valence-corrected chi connectivity index (χ1v) is 6.39. The molecule has 0 aromatic carbocycles. The molecule has 0 radical (unpaired) electrons. The summed E-state index contributed by atoms with van der Waals surface area (Å²) in [5.41, 5.74) is 0. The first-order chi connectivity index (χ1) is 6.39. The van der Waals surface area contributed by atoms with E-state index in [-0.39, 0.29) is 11.1 Å². The number of rotatable bonds is 3. The van der Waals surface area contributed by atoms with Crippen LogP contribution in [0.3, 0.4) is 0 Å². The molecule has 78 valence electrons. The molecule has 0 unspecified atom stereocenters. The van der Waals surface area contributed by atoms with E-state index in [1.54, 1.807) is 12.1 Å². The second-order valence-electron chi connectivity index (χ2n) is 3.10. The zero-order valence-electron chi connectivity index (χ0n) is 7.86. The van der Waals surface area contributed by atoms with Crippen LogP contribution in [0.4, 0.5) is 5.82 Å². The molecule has 0 saturated carbocycles. The van der Waals surface area contributed by atoms with E-state index in [9.17, 15) is 8.42 Å². The first kappa shape index (κ1) is 11.3. The fourth-order valence-electron chi connectivity index (χ4n) is 0.927. The molecule has 1 heterocycles. The molecule has 0 spiro atoms. The molecular weight excluding hydrogens is 224 g/mol. The lowest BCUT2D eigenvalue weighted by atomic mass is 10.4. The highest BCUT2D eigenvalue weighted by Crippen LogP contribution is 2.14. The van der Waals surface area contributed by atoms with Crippen LogP contribution in [-0.4, -0.2) is 19.4 Å². The standard InChI is InChI=1S/C8H11ClN2O2S/c1-6(2)10-7-4-3-5-8(11-7)14(9,12)13/h3-6H,1-2H3,(H,10,11). The number of aromatic nitrogens is 1. The van der Waals surface area contributed by atoms with E-state index in [2.05, 4.69) is 10.3 Å². The topological polar surface area (TPSA) is 59.1 Å². The van der Waals surface area contributed by atoms with E-state index in [1.165, 1.54) is 6.07 Å². The molecule has 1 N–H and O–H groups in total. The van der Waals surface area contributed by atoms with Gasteiger partial charge in [0.05, 0.1) is 0 Å². The average Bonchev–Trinajstić information content (AvgIpc) is 2.01. The Kier molecular flexibility index (Phi) is 3.34. The summed E-state index contributed by atoms with van der Waals surface area (Å²) in [6, 6.07) is 4.82. The van der Waals surface area contributed by atoms with Gasteiger partial charge < -0.3 is 5.32 Å². The van der Waals surface area contributed by atoms with Crippen LogP contribution in [0, 0.1) is 0 Å². The monoisotopic (exact) mass is 234 g/mol. The van der Waals surface area contributed by atoms with Gasteiger partial charge in [0.15, 0.2) is 5.03 Å². The van der Waals surface area contributed by atoms with Crippen molar-refractivity contribution in [1.82, 2.24) is 4.98 Å². The van der Waals surface area contributed by atoms with Crippen molar-refractivity contribution in [1.29, 1.82) is 0 Å². The Balaban J connectivity index is 3.02. The molecule has 0 saturated heterocycles. The maximum atomic E-state index is 10.9. The lowest BCUT2D eigenvalue weighted by Gasteiger charge is -2.08. The maximum Gasteiger partial charge on any atom is 0.278 e. The van der Waals surface area contributed by atoms with E-state index in [4.69, 9.17) is 10.7 Å². The number of halogens is 1. The second-order valence-corrected chi connectivity index (χ2v) is 5.61. The zero-order chi connectivity index (χ0) is 10.8. The minimum Gasteiger partial charge on any atom is -0.368 e. The third kappa shape index (κ3) is 3.16. The third-order valence-electron chi connectivity index (χ3n) is 1.41. The second kappa shape index (κ2) is 4.14. The molecule has 0 aliphatic carbocycles. The maximum absolute atomic E-state index is 10.9. The molecule has 0 amide bonds. The first-order valence-electron chi connectivity index (χ1n) is 4.08. The number of pyridine rings is 1. The highest BCUT2D eigenvalue weighted by atomic mass is 35.7. The van der Waals surface area contributed by atoms with Crippen LogP contribution in [-0.2, 0) is 9.05 Å². The van der Waals surface area contributed by atoms with Crippen LogP contribution in [0.1, 0.15) is 13.8 Å². The van der Waals surface area contributed by atoms with Gasteiger partial charge in [0.25, 0.3) is 9.05 Å². The molecule has 1 aromatic heterocycles. The van der Waals surface area contributed by atoms with Gasteiger partial charge >= 0.3 is 0 Å². The quantitative estimate of drug-likeness (QED) is 0.811. The number of nitrogens with one attached hydrogen (secondary N) is 1. The van der Waals surface area contributed by atoms with E-state index in [1.807, 2.05) is 13.8 Å². The smallest absolute Gasteiger partial charge is 0.278 e. The van der Waals surface area contributed by atoms with Crippen molar-refractivity contribution in [2.45, 2.75) is 24.9 Å². The lowest BCUT2D eigenvalue weighted by Crippen LogP contribution is -2.11. The molecule has 6 heteroatoms. The number of hydrogen-bond acceptors (Lipinski definition) is 4. The summed E-state index contributed by atoms with van der Waals surface area (Å²) < 4.78 is 21.9. The van der Waals surface area contributed by atoms with Crippen molar-refractivity contribution in [3.05, 3.63) is 18.2 Å². The van der Waals surface area contributed by atoms with Gasteiger partial charge in [0, 0.05) is 16.7 Å². The van der Waals surface area contributed by atoms with Gasteiger partial charge in [-0.25, -0.2) is 13.4 Å². The molecule has 0 fully saturated rings. The van der Waals surface area contributed by atoms with Crippen LogP contribution in [0.15, 0.2) is 23.2 Å². The van der Waals surface area contributed by atoms with E-state index in [0.717, 1.165) is 0 Å². The summed E-state index contributed by atoms with van der Waals surface area (Å²) in [6.45, 7) is 3.87. The Morgan fingerprint density at radius 2 is 2.07 bits per heavy atom. The molecule has 0 bridgehead atoms. The van der Waals surface area contributed by atoms with Gasteiger partial charge in [0.1, 0.15) is 5.82 Å². The lowest BCUT2D eigenvalue weighted by molar-refractivity contribution is 0.606. The summed E-state index contributed by atoms with van der Waals surface area (Å²) in [5.74, 6) is 0.502. The SMILES string of the molecule is CC(C)Nc1cccc(S(=O)(=O)Cl)n1. The Morgan fingerprint density at radius 1 is 1.43 bits per heavy atom. The van der Waals surface area contributed by atoms with Gasteiger partial charge in [-0.15, -0.1) is 0 Å².